The molecule has 0 bridgehead atoms. The molecule has 0 rings (SSSR count). The van der Waals surface area contributed by atoms with Gasteiger partial charge in [0.05, 0.1) is 52.2 Å². The van der Waals surface area contributed by atoms with Gasteiger partial charge in [-0.05, 0) is 0 Å². The first-order valence-corrected chi connectivity index (χ1v) is 9.93. The van der Waals surface area contributed by atoms with E-state index in [0.29, 0.717) is 0 Å². The van der Waals surface area contributed by atoms with Gasteiger partial charge in [-0.15, -0.1) is 0 Å². The second-order valence-electron chi connectivity index (χ2n) is 3.92. The maximum Gasteiger partial charge on any atom is 0.264 e. The highest BCUT2D eigenvalue weighted by Gasteiger charge is 2.01. The Morgan fingerprint density at radius 1 is 0.545 bits per heavy atom. The van der Waals surface area contributed by atoms with E-state index in [1.54, 1.807) is 0 Å². The highest BCUT2D eigenvalue weighted by atomic mass is 32.2. The van der Waals surface area contributed by atoms with Crippen molar-refractivity contribution in [2.75, 3.05) is 65.4 Å². The smallest absolute Gasteiger partial charge is 0.264 e. The molecule has 0 N–H and O–H groups in total. The summed E-state index contributed by atoms with van der Waals surface area (Å²) in [5.74, 6) is 0. The molecule has 0 heterocycles. The van der Waals surface area contributed by atoms with Crippen LogP contribution in [-0.4, -0.2) is 82.2 Å². The quantitative estimate of drug-likeness (QED) is 0.153. The molecule has 0 fully saturated rings. The molecule has 0 aromatic carbocycles. The minimum atomic E-state index is -3.44. The van der Waals surface area contributed by atoms with Crippen LogP contribution in [0.4, 0.5) is 0 Å². The van der Waals surface area contributed by atoms with E-state index < -0.39 is 20.2 Å². The summed E-state index contributed by atoms with van der Waals surface area (Å²) in [4.78, 5) is 9.50. The summed E-state index contributed by atoms with van der Waals surface area (Å²) >= 11 is 0. The molecule has 0 aliphatic heterocycles. The Morgan fingerprint density at radius 3 is 1.18 bits per heavy atom. The maximum atomic E-state index is 10.6. The summed E-state index contributed by atoms with van der Waals surface area (Å²) in [7, 11) is -6.88. The number of rotatable bonds is 15. The molecule has 0 unspecified atom stereocenters. The summed E-state index contributed by atoms with van der Waals surface area (Å²) < 4.78 is 61.4. The molecule has 22 heavy (non-hydrogen) atoms. The number of hydrogen-bond donors (Lipinski definition) is 0. The van der Waals surface area contributed by atoms with Crippen molar-refractivity contribution in [3.05, 3.63) is 0 Å². The van der Waals surface area contributed by atoms with Gasteiger partial charge in [-0.3, -0.25) is 8.37 Å². The second kappa shape index (κ2) is 12.1. The maximum absolute atomic E-state index is 10.6. The van der Waals surface area contributed by atoms with Crippen LogP contribution in [-0.2, 0) is 47.9 Å². The molecule has 0 saturated carbocycles. The fourth-order valence-electron chi connectivity index (χ4n) is 0.997. The summed E-state index contributed by atoms with van der Waals surface area (Å²) in [5, 5.41) is 0. The van der Waals surface area contributed by atoms with E-state index in [0.717, 1.165) is 12.5 Å². The molecule has 0 radical (unpaired) electrons. The molecule has 0 aromatic rings. The molecule has 0 aliphatic rings. The molecule has 0 spiro atoms. The van der Waals surface area contributed by atoms with E-state index in [1.165, 1.54) is 0 Å². The molecular formula is C10H22O10S2. The predicted octanol–water partition coefficient (Wildman–Crippen LogP) is -1.08. The largest absolute Gasteiger partial charge is 0.376 e. The van der Waals surface area contributed by atoms with Gasteiger partial charge in [0.1, 0.15) is 13.2 Å². The molecule has 0 amide bonds. The summed E-state index contributed by atoms with van der Waals surface area (Å²) in [6, 6.07) is 0. The van der Waals surface area contributed by atoms with Crippen LogP contribution in [0.2, 0.25) is 0 Å². The van der Waals surface area contributed by atoms with Gasteiger partial charge in [-0.1, -0.05) is 0 Å². The van der Waals surface area contributed by atoms with Crippen molar-refractivity contribution in [1.29, 1.82) is 0 Å². The summed E-state index contributed by atoms with van der Waals surface area (Å²) in [6.07, 6.45) is 1.92. The van der Waals surface area contributed by atoms with E-state index in [-0.39, 0.29) is 52.9 Å². The Bertz CT molecular complexity index is 414. The van der Waals surface area contributed by atoms with Crippen LogP contribution in [0.1, 0.15) is 0 Å². The Labute approximate surface area is 130 Å². The zero-order valence-corrected chi connectivity index (χ0v) is 14.2. The Balaban J connectivity index is 3.15. The first kappa shape index (κ1) is 21.7. The highest BCUT2D eigenvalue weighted by molar-refractivity contribution is 7.86. The molecule has 10 nitrogen and oxygen atoms in total. The molecule has 12 heteroatoms. The van der Waals surface area contributed by atoms with Crippen molar-refractivity contribution in [2.45, 2.75) is 0 Å². The van der Waals surface area contributed by atoms with Crippen molar-refractivity contribution >= 4 is 20.2 Å². The Hall–Kier alpha value is -0.340. The molecule has 134 valence electrons. The second-order valence-corrected chi connectivity index (χ2v) is 7.21. The number of ether oxygens (including phenoxy) is 2. The fraction of sp³-hybridized carbons (Fsp3) is 1.00. The van der Waals surface area contributed by atoms with Gasteiger partial charge in [-0.25, -0.2) is 9.78 Å². The topological polar surface area (TPSA) is 124 Å². The zero-order chi connectivity index (χ0) is 16.9. The van der Waals surface area contributed by atoms with Gasteiger partial charge in [-0.2, -0.15) is 16.8 Å². The highest BCUT2D eigenvalue weighted by Crippen LogP contribution is 1.89. The average Bonchev–Trinajstić information content (AvgIpc) is 2.36. The van der Waals surface area contributed by atoms with E-state index in [4.69, 9.17) is 19.2 Å². The van der Waals surface area contributed by atoms with Crippen LogP contribution < -0.4 is 0 Å². The third-order valence-electron chi connectivity index (χ3n) is 1.76. The third-order valence-corrected chi connectivity index (χ3v) is 2.95. The predicted molar refractivity (Wildman–Crippen MR) is 75.1 cm³/mol. The van der Waals surface area contributed by atoms with Crippen LogP contribution in [0.25, 0.3) is 0 Å². The average molecular weight is 366 g/mol. The Kier molecular flexibility index (Phi) is 11.9. The van der Waals surface area contributed by atoms with Crippen LogP contribution in [0, 0.1) is 0 Å². The number of hydrogen-bond acceptors (Lipinski definition) is 10. The van der Waals surface area contributed by atoms with Gasteiger partial charge in [0.15, 0.2) is 0 Å². The van der Waals surface area contributed by atoms with Crippen molar-refractivity contribution in [1.82, 2.24) is 0 Å². The molecule has 0 atom stereocenters. The van der Waals surface area contributed by atoms with E-state index >= 15 is 0 Å². The van der Waals surface area contributed by atoms with Gasteiger partial charge in [0.2, 0.25) is 0 Å². The monoisotopic (exact) mass is 366 g/mol. The van der Waals surface area contributed by atoms with Gasteiger partial charge < -0.3 is 9.47 Å². The van der Waals surface area contributed by atoms with Gasteiger partial charge in [0, 0.05) is 0 Å². The molecule has 0 aromatic heterocycles. The first-order chi connectivity index (χ1) is 10.2. The minimum absolute atomic E-state index is 0.0525. The lowest BCUT2D eigenvalue weighted by atomic mass is 10.7. The van der Waals surface area contributed by atoms with Crippen LogP contribution in [0.5, 0.6) is 0 Å². The van der Waals surface area contributed by atoms with Crippen LogP contribution in [0.15, 0.2) is 0 Å². The van der Waals surface area contributed by atoms with E-state index in [1.807, 2.05) is 0 Å². The van der Waals surface area contributed by atoms with Gasteiger partial charge in [0.25, 0.3) is 20.2 Å². The van der Waals surface area contributed by atoms with Crippen molar-refractivity contribution in [3.63, 3.8) is 0 Å². The SMILES string of the molecule is CS(=O)(=O)OCCOCCOOCCOCCOS(C)(=O)=O. The van der Waals surface area contributed by atoms with E-state index in [2.05, 4.69) is 8.37 Å². The van der Waals surface area contributed by atoms with Crippen LogP contribution in [0.3, 0.4) is 0 Å². The molecule has 0 aliphatic carbocycles. The summed E-state index contributed by atoms with van der Waals surface area (Å²) in [6.45, 7) is 0.907. The first-order valence-electron chi connectivity index (χ1n) is 6.29. The van der Waals surface area contributed by atoms with Crippen molar-refractivity contribution < 1.29 is 44.5 Å². The summed E-state index contributed by atoms with van der Waals surface area (Å²) in [5.41, 5.74) is 0. The molecule has 0 saturated heterocycles. The van der Waals surface area contributed by atoms with Crippen molar-refractivity contribution in [3.8, 4) is 0 Å². The Morgan fingerprint density at radius 2 is 0.864 bits per heavy atom. The third kappa shape index (κ3) is 19.7. The fourth-order valence-corrected chi connectivity index (χ4v) is 1.74. The van der Waals surface area contributed by atoms with Gasteiger partial charge >= 0.3 is 0 Å². The van der Waals surface area contributed by atoms with Crippen LogP contribution >= 0.6 is 0 Å². The lowest BCUT2D eigenvalue weighted by Crippen LogP contribution is -2.14. The molecular weight excluding hydrogens is 344 g/mol. The van der Waals surface area contributed by atoms with E-state index in [9.17, 15) is 16.8 Å². The van der Waals surface area contributed by atoms with Crippen molar-refractivity contribution in [2.24, 2.45) is 0 Å². The minimum Gasteiger partial charge on any atom is -0.376 e. The standard InChI is InChI=1S/C10H22O10S2/c1-21(11,12)19-9-5-15-3-7-17-18-8-4-16-6-10-20-22(2,13)14/h3-10H2,1-2H3. The lowest BCUT2D eigenvalue weighted by molar-refractivity contribution is -0.303. The zero-order valence-electron chi connectivity index (χ0n) is 12.6. The normalized spacial score (nSPS) is 12.6. The lowest BCUT2D eigenvalue weighted by Gasteiger charge is -2.06.